The molecule has 0 fully saturated rings. The van der Waals surface area contributed by atoms with Crippen LogP contribution in [-0.4, -0.2) is 36.6 Å². The molecule has 5 nitrogen and oxygen atoms in total. The van der Waals surface area contributed by atoms with Crippen molar-refractivity contribution in [2.24, 2.45) is 0 Å². The number of hydrogen-bond donors (Lipinski definition) is 0. The molecule has 1 aromatic rings. The average Bonchev–Trinajstić information content (AvgIpc) is 2.71. The summed E-state index contributed by atoms with van der Waals surface area (Å²) in [6, 6.07) is 5.91. The van der Waals surface area contributed by atoms with Crippen molar-refractivity contribution in [2.45, 2.75) is 78.2 Å². The molecule has 1 aromatic carbocycles. The topological polar surface area (TPSA) is 61.8 Å². The van der Waals surface area contributed by atoms with E-state index in [1.165, 1.54) is 18.4 Å². The van der Waals surface area contributed by atoms with Crippen LogP contribution in [-0.2, 0) is 31.9 Å². The molecular weight excluding hydrogens is 436 g/mol. The molecule has 164 valence electrons. The minimum absolute atomic E-state index is 0.219. The number of rotatable bonds is 15. The first-order chi connectivity index (χ1) is 14.1. The summed E-state index contributed by atoms with van der Waals surface area (Å²) in [7, 11) is 0. The normalized spacial score (nSPS) is 11.7. The fraction of sp³-hybridized carbons (Fsp3) is 0.652. The minimum Gasteiger partial charge on any atom is -0.478 e. The molecule has 0 aromatic heterocycles. The van der Waals surface area contributed by atoms with Gasteiger partial charge in [0.25, 0.3) is 0 Å². The number of halogens is 1. The molecule has 0 aliphatic rings. The van der Waals surface area contributed by atoms with Crippen LogP contribution in [0.25, 0.3) is 0 Å². The number of hydrogen-bond acceptors (Lipinski definition) is 5. The fourth-order valence-electron chi connectivity index (χ4n) is 3.15. The molecule has 0 saturated carbocycles. The summed E-state index contributed by atoms with van der Waals surface area (Å²) >= 11 is 3.47. The van der Waals surface area contributed by atoms with Gasteiger partial charge in [-0.05, 0) is 63.1 Å². The van der Waals surface area contributed by atoms with Crippen molar-refractivity contribution in [3.63, 3.8) is 0 Å². The molecule has 1 rings (SSSR count). The number of unbranched alkanes of at least 4 members (excludes halogenated alkanes) is 3. The molecular formula is C23H35BrO5. The highest BCUT2D eigenvalue weighted by molar-refractivity contribution is 9.09. The highest BCUT2D eigenvalue weighted by atomic mass is 79.9. The highest BCUT2D eigenvalue weighted by Gasteiger charge is 2.22. The first kappa shape index (κ1) is 25.5. The van der Waals surface area contributed by atoms with Crippen LogP contribution in [0.2, 0.25) is 0 Å². The average molecular weight is 471 g/mol. The SMILES string of the molecule is CCOC(=O)CCc1c(CCCCCCBr)cccc1OC(CC)C(=O)OCC. The van der Waals surface area contributed by atoms with Gasteiger partial charge in [-0.1, -0.05) is 47.8 Å². The number of esters is 2. The zero-order valence-electron chi connectivity index (χ0n) is 18.0. The Labute approximate surface area is 183 Å². The lowest BCUT2D eigenvalue weighted by molar-refractivity contribution is -0.151. The van der Waals surface area contributed by atoms with E-state index in [0.717, 1.165) is 30.2 Å². The van der Waals surface area contributed by atoms with Gasteiger partial charge in [0, 0.05) is 11.8 Å². The number of ether oxygens (including phenoxy) is 3. The van der Waals surface area contributed by atoms with Crippen molar-refractivity contribution in [2.75, 3.05) is 18.5 Å². The van der Waals surface area contributed by atoms with Gasteiger partial charge in [0.2, 0.25) is 0 Å². The lowest BCUT2D eigenvalue weighted by Gasteiger charge is -2.20. The van der Waals surface area contributed by atoms with Crippen molar-refractivity contribution >= 4 is 27.9 Å². The maximum atomic E-state index is 12.2. The molecule has 29 heavy (non-hydrogen) atoms. The number of benzene rings is 1. The predicted octanol–water partition coefficient (Wildman–Crippen LogP) is 5.40. The van der Waals surface area contributed by atoms with Gasteiger partial charge in [0.05, 0.1) is 13.2 Å². The van der Waals surface area contributed by atoms with Crippen LogP contribution < -0.4 is 4.74 Å². The van der Waals surface area contributed by atoms with E-state index in [9.17, 15) is 9.59 Å². The zero-order valence-corrected chi connectivity index (χ0v) is 19.6. The lowest BCUT2D eigenvalue weighted by Crippen LogP contribution is -2.29. The Morgan fingerprint density at radius 3 is 2.34 bits per heavy atom. The van der Waals surface area contributed by atoms with E-state index in [0.29, 0.717) is 38.2 Å². The standard InChI is InChI=1S/C23H35BrO5/c1-4-20(23(26)28-6-3)29-21-14-11-13-18(12-9-7-8-10-17-24)19(21)15-16-22(25)27-5-2/h11,13-14,20H,4-10,12,15-17H2,1-3H3. The van der Waals surface area contributed by atoms with Gasteiger partial charge in [0.15, 0.2) is 6.10 Å². The van der Waals surface area contributed by atoms with E-state index < -0.39 is 6.10 Å². The van der Waals surface area contributed by atoms with Gasteiger partial charge < -0.3 is 14.2 Å². The molecule has 0 N–H and O–H groups in total. The van der Waals surface area contributed by atoms with Gasteiger partial charge in [-0.15, -0.1) is 0 Å². The van der Waals surface area contributed by atoms with E-state index >= 15 is 0 Å². The number of carbonyl (C=O) groups excluding carboxylic acids is 2. The van der Waals surface area contributed by atoms with Crippen LogP contribution in [0.1, 0.15) is 70.4 Å². The van der Waals surface area contributed by atoms with E-state index in [2.05, 4.69) is 22.0 Å². The van der Waals surface area contributed by atoms with Gasteiger partial charge in [0.1, 0.15) is 5.75 Å². The predicted molar refractivity (Wildman–Crippen MR) is 119 cm³/mol. The Kier molecular flexibility index (Phi) is 13.4. The van der Waals surface area contributed by atoms with Crippen molar-refractivity contribution < 1.29 is 23.8 Å². The fourth-order valence-corrected chi connectivity index (χ4v) is 3.55. The maximum absolute atomic E-state index is 12.2. The maximum Gasteiger partial charge on any atom is 0.347 e. The third kappa shape index (κ3) is 9.66. The van der Waals surface area contributed by atoms with E-state index in [4.69, 9.17) is 14.2 Å². The van der Waals surface area contributed by atoms with Crippen LogP contribution in [0.5, 0.6) is 5.75 Å². The molecule has 0 heterocycles. The Morgan fingerprint density at radius 1 is 0.966 bits per heavy atom. The molecule has 6 heteroatoms. The third-order valence-electron chi connectivity index (χ3n) is 4.63. The number of aryl methyl sites for hydroxylation is 1. The molecule has 0 spiro atoms. The summed E-state index contributed by atoms with van der Waals surface area (Å²) < 4.78 is 16.3. The Bertz CT molecular complexity index is 617. The molecule has 0 saturated heterocycles. The first-order valence-corrected chi connectivity index (χ1v) is 11.8. The van der Waals surface area contributed by atoms with E-state index in [1.807, 2.05) is 19.1 Å². The molecule has 0 bridgehead atoms. The second-order valence-electron chi connectivity index (χ2n) is 6.82. The van der Waals surface area contributed by atoms with Gasteiger partial charge in [-0.3, -0.25) is 4.79 Å². The molecule has 1 unspecified atom stereocenters. The third-order valence-corrected chi connectivity index (χ3v) is 5.19. The number of alkyl halides is 1. The summed E-state index contributed by atoms with van der Waals surface area (Å²) in [5.74, 6) is 0.0849. The van der Waals surface area contributed by atoms with Crippen LogP contribution in [0.4, 0.5) is 0 Å². The Morgan fingerprint density at radius 2 is 1.69 bits per heavy atom. The van der Waals surface area contributed by atoms with Crippen molar-refractivity contribution in [3.8, 4) is 5.75 Å². The lowest BCUT2D eigenvalue weighted by atomic mass is 9.96. The van der Waals surface area contributed by atoms with Crippen LogP contribution in [0.15, 0.2) is 18.2 Å². The number of carbonyl (C=O) groups is 2. The van der Waals surface area contributed by atoms with Gasteiger partial charge in [-0.2, -0.15) is 0 Å². The Balaban J connectivity index is 2.97. The molecule has 0 aliphatic heterocycles. The van der Waals surface area contributed by atoms with E-state index in [-0.39, 0.29) is 11.9 Å². The summed E-state index contributed by atoms with van der Waals surface area (Å²) in [4.78, 5) is 24.1. The summed E-state index contributed by atoms with van der Waals surface area (Å²) in [5.41, 5.74) is 2.16. The van der Waals surface area contributed by atoms with Crippen LogP contribution in [0, 0.1) is 0 Å². The van der Waals surface area contributed by atoms with Gasteiger partial charge >= 0.3 is 11.9 Å². The summed E-state index contributed by atoms with van der Waals surface area (Å²) in [6.45, 7) is 6.18. The minimum atomic E-state index is -0.648. The van der Waals surface area contributed by atoms with E-state index in [1.54, 1.807) is 13.8 Å². The first-order valence-electron chi connectivity index (χ1n) is 10.7. The second-order valence-corrected chi connectivity index (χ2v) is 7.61. The van der Waals surface area contributed by atoms with Crippen LogP contribution >= 0.6 is 15.9 Å². The Hall–Kier alpha value is -1.56. The second kappa shape index (κ2) is 15.3. The molecule has 0 radical (unpaired) electrons. The quantitative estimate of drug-likeness (QED) is 0.195. The van der Waals surface area contributed by atoms with Crippen molar-refractivity contribution in [3.05, 3.63) is 29.3 Å². The summed E-state index contributed by atoms with van der Waals surface area (Å²) in [6.07, 6.45) is 6.24. The largest absolute Gasteiger partial charge is 0.478 e. The smallest absolute Gasteiger partial charge is 0.347 e. The monoisotopic (exact) mass is 470 g/mol. The van der Waals surface area contributed by atoms with Gasteiger partial charge in [-0.25, -0.2) is 4.79 Å². The molecule has 0 aliphatic carbocycles. The summed E-state index contributed by atoms with van der Waals surface area (Å²) in [5, 5.41) is 1.04. The van der Waals surface area contributed by atoms with Crippen LogP contribution in [0.3, 0.4) is 0 Å². The van der Waals surface area contributed by atoms with Crippen molar-refractivity contribution in [1.29, 1.82) is 0 Å². The highest BCUT2D eigenvalue weighted by Crippen LogP contribution is 2.27. The molecule has 0 amide bonds. The zero-order chi connectivity index (χ0) is 21.5. The molecule has 1 atom stereocenters. The van der Waals surface area contributed by atoms with Crippen molar-refractivity contribution in [1.82, 2.24) is 0 Å².